The summed E-state index contributed by atoms with van der Waals surface area (Å²) in [6.45, 7) is 1.73. The minimum absolute atomic E-state index is 0.102. The maximum atomic E-state index is 13.8. The third-order valence-electron chi connectivity index (χ3n) is 6.95. The largest absolute Gasteiger partial charge is 0.508 e. The summed E-state index contributed by atoms with van der Waals surface area (Å²) in [6.07, 6.45) is 5.11. The second kappa shape index (κ2) is 10.8. The van der Waals surface area contributed by atoms with E-state index in [0.29, 0.717) is 30.2 Å². The maximum absolute atomic E-state index is 13.8. The lowest BCUT2D eigenvalue weighted by molar-refractivity contribution is 0.103. The van der Waals surface area contributed by atoms with Gasteiger partial charge in [0.05, 0.1) is 6.61 Å². The number of ketones is 1. The van der Waals surface area contributed by atoms with Crippen LogP contribution in [0.1, 0.15) is 52.7 Å². The number of nitrogens with one attached hydrogen (secondary N) is 1. The highest BCUT2D eigenvalue weighted by Gasteiger charge is 2.19. The molecular formula is C31H31NO4. The number of hydrogen-bond acceptors (Lipinski definition) is 5. The average molecular weight is 482 g/mol. The molecule has 4 aromatic rings. The zero-order valence-electron chi connectivity index (χ0n) is 20.2. The van der Waals surface area contributed by atoms with E-state index in [0.717, 1.165) is 40.6 Å². The first-order valence-electron chi connectivity index (χ1n) is 12.6. The first-order chi connectivity index (χ1) is 17.6. The number of phenolic OH excluding ortho intramolecular Hbond substituents is 2. The van der Waals surface area contributed by atoms with Gasteiger partial charge in [-0.2, -0.15) is 0 Å². The molecule has 0 bridgehead atoms. The van der Waals surface area contributed by atoms with Gasteiger partial charge in [-0.3, -0.25) is 4.79 Å². The van der Waals surface area contributed by atoms with Crippen molar-refractivity contribution in [3.63, 3.8) is 0 Å². The van der Waals surface area contributed by atoms with Gasteiger partial charge < -0.3 is 20.3 Å². The summed E-state index contributed by atoms with van der Waals surface area (Å²) in [5, 5.41) is 25.4. The van der Waals surface area contributed by atoms with Crippen molar-refractivity contribution in [3.05, 3.63) is 101 Å². The molecule has 5 rings (SSSR count). The summed E-state index contributed by atoms with van der Waals surface area (Å²) in [5.74, 6) is 1.00. The molecular weight excluding hydrogens is 450 g/mol. The van der Waals surface area contributed by atoms with Crippen molar-refractivity contribution in [2.75, 3.05) is 13.2 Å². The smallest absolute Gasteiger partial charge is 0.193 e. The Morgan fingerprint density at radius 3 is 2.53 bits per heavy atom. The van der Waals surface area contributed by atoms with Crippen LogP contribution in [0.3, 0.4) is 0 Å². The Morgan fingerprint density at radius 1 is 0.917 bits per heavy atom. The molecule has 1 atom stereocenters. The fourth-order valence-corrected chi connectivity index (χ4v) is 4.98. The van der Waals surface area contributed by atoms with Crippen LogP contribution in [0.15, 0.2) is 78.9 Å². The molecule has 0 saturated carbocycles. The van der Waals surface area contributed by atoms with Crippen molar-refractivity contribution >= 4 is 16.6 Å². The van der Waals surface area contributed by atoms with Gasteiger partial charge in [0.2, 0.25) is 0 Å². The number of hydrogen-bond donors (Lipinski definition) is 3. The first kappa shape index (κ1) is 23.9. The van der Waals surface area contributed by atoms with Crippen molar-refractivity contribution in [1.29, 1.82) is 0 Å². The van der Waals surface area contributed by atoms with Crippen LogP contribution in [0.4, 0.5) is 0 Å². The lowest BCUT2D eigenvalue weighted by Crippen LogP contribution is -2.35. The predicted molar refractivity (Wildman–Crippen MR) is 142 cm³/mol. The van der Waals surface area contributed by atoms with E-state index in [1.54, 1.807) is 42.5 Å². The maximum Gasteiger partial charge on any atom is 0.193 e. The van der Waals surface area contributed by atoms with Gasteiger partial charge in [0, 0.05) is 23.6 Å². The zero-order valence-corrected chi connectivity index (χ0v) is 20.2. The monoisotopic (exact) mass is 481 g/mol. The van der Waals surface area contributed by atoms with E-state index >= 15 is 0 Å². The van der Waals surface area contributed by atoms with E-state index in [1.807, 2.05) is 36.4 Å². The van der Waals surface area contributed by atoms with E-state index < -0.39 is 0 Å². The van der Waals surface area contributed by atoms with Gasteiger partial charge in [-0.15, -0.1) is 0 Å². The number of fused-ring (bicyclic) bond motifs is 1. The molecule has 3 N–H and O–H groups in total. The number of carbonyl (C=O) groups excluding carboxylic acids is 1. The van der Waals surface area contributed by atoms with E-state index in [2.05, 4.69) is 5.32 Å². The van der Waals surface area contributed by atoms with Crippen LogP contribution < -0.4 is 10.1 Å². The SMILES string of the molecule is O=C(c1ccc(OCCC2CCCCN2)cc1)c1c(Cc2ccccc2O)ccc2cc(O)ccc12. The second-order valence-corrected chi connectivity index (χ2v) is 9.45. The van der Waals surface area contributed by atoms with Crippen LogP contribution in [0, 0.1) is 0 Å². The Labute approximate surface area is 211 Å². The summed E-state index contributed by atoms with van der Waals surface area (Å²) in [7, 11) is 0. The molecule has 1 unspecified atom stereocenters. The van der Waals surface area contributed by atoms with Gasteiger partial charge in [0.15, 0.2) is 5.78 Å². The number of carbonyl (C=O) groups is 1. The number of piperidine rings is 1. The predicted octanol–water partition coefficient (Wildman–Crippen LogP) is 5.98. The number of aromatic hydroxyl groups is 2. The Morgan fingerprint density at radius 2 is 1.75 bits per heavy atom. The van der Waals surface area contributed by atoms with Crippen LogP contribution in [0.25, 0.3) is 10.8 Å². The molecule has 1 saturated heterocycles. The highest BCUT2D eigenvalue weighted by atomic mass is 16.5. The molecule has 0 radical (unpaired) electrons. The van der Waals surface area contributed by atoms with E-state index in [9.17, 15) is 15.0 Å². The fourth-order valence-electron chi connectivity index (χ4n) is 4.98. The molecule has 5 nitrogen and oxygen atoms in total. The Kier molecular flexibility index (Phi) is 7.19. The van der Waals surface area contributed by atoms with Crippen LogP contribution in [-0.2, 0) is 6.42 Å². The topological polar surface area (TPSA) is 78.8 Å². The van der Waals surface area contributed by atoms with Crippen molar-refractivity contribution < 1.29 is 19.7 Å². The van der Waals surface area contributed by atoms with Gasteiger partial charge in [0.25, 0.3) is 0 Å². The van der Waals surface area contributed by atoms with Crippen LogP contribution in [-0.4, -0.2) is 35.2 Å². The van der Waals surface area contributed by atoms with Crippen molar-refractivity contribution in [3.8, 4) is 17.2 Å². The molecule has 5 heteroatoms. The normalized spacial score (nSPS) is 15.6. The molecule has 1 aliphatic rings. The molecule has 1 fully saturated rings. The fraction of sp³-hybridized carbons (Fsp3) is 0.258. The van der Waals surface area contributed by atoms with E-state index in [4.69, 9.17) is 4.74 Å². The number of benzene rings is 4. The first-order valence-corrected chi connectivity index (χ1v) is 12.6. The number of rotatable bonds is 8. The standard InChI is InChI=1S/C31H31NO4/c33-26-12-15-28-22(20-26)8-9-24(19-23-5-1-2-7-29(23)34)30(28)31(35)21-10-13-27(14-11-21)36-18-16-25-6-3-4-17-32-25/h1-2,5,7-15,20,25,32-34H,3-4,6,16-19H2. The number of phenols is 2. The molecule has 0 spiro atoms. The second-order valence-electron chi connectivity index (χ2n) is 9.45. The van der Waals surface area contributed by atoms with E-state index in [-0.39, 0.29) is 17.3 Å². The molecule has 0 aliphatic carbocycles. The Bertz CT molecular complexity index is 1360. The lowest BCUT2D eigenvalue weighted by Gasteiger charge is -2.23. The van der Waals surface area contributed by atoms with Crippen molar-refractivity contribution in [2.45, 2.75) is 38.1 Å². The average Bonchev–Trinajstić information content (AvgIpc) is 2.90. The molecule has 0 aromatic heterocycles. The molecule has 0 amide bonds. The van der Waals surface area contributed by atoms with Gasteiger partial charge in [-0.25, -0.2) is 0 Å². The van der Waals surface area contributed by atoms with Gasteiger partial charge in [0.1, 0.15) is 17.2 Å². The third-order valence-corrected chi connectivity index (χ3v) is 6.95. The Hall–Kier alpha value is -3.83. The molecule has 1 heterocycles. The quantitative estimate of drug-likeness (QED) is 0.270. The highest BCUT2D eigenvalue weighted by Crippen LogP contribution is 2.31. The molecule has 36 heavy (non-hydrogen) atoms. The number of para-hydroxylation sites is 1. The minimum Gasteiger partial charge on any atom is -0.508 e. The third kappa shape index (κ3) is 5.37. The van der Waals surface area contributed by atoms with Crippen LogP contribution >= 0.6 is 0 Å². The minimum atomic E-state index is -0.102. The molecule has 4 aromatic carbocycles. The summed E-state index contributed by atoms with van der Waals surface area (Å²) in [6, 6.07) is 23.8. The zero-order chi connectivity index (χ0) is 24.9. The summed E-state index contributed by atoms with van der Waals surface area (Å²) in [4.78, 5) is 13.8. The van der Waals surface area contributed by atoms with Crippen LogP contribution in [0.2, 0.25) is 0 Å². The van der Waals surface area contributed by atoms with Gasteiger partial charge in [-0.1, -0.05) is 36.8 Å². The lowest BCUT2D eigenvalue weighted by atomic mass is 9.89. The molecule has 184 valence electrons. The van der Waals surface area contributed by atoms with Crippen molar-refractivity contribution in [2.24, 2.45) is 0 Å². The Balaban J connectivity index is 1.40. The van der Waals surface area contributed by atoms with Crippen LogP contribution in [0.5, 0.6) is 17.2 Å². The summed E-state index contributed by atoms with van der Waals surface area (Å²) >= 11 is 0. The van der Waals surface area contributed by atoms with Gasteiger partial charge >= 0.3 is 0 Å². The highest BCUT2D eigenvalue weighted by molar-refractivity contribution is 6.17. The molecule has 1 aliphatic heterocycles. The van der Waals surface area contributed by atoms with Crippen molar-refractivity contribution in [1.82, 2.24) is 5.32 Å². The number of ether oxygens (including phenoxy) is 1. The summed E-state index contributed by atoms with van der Waals surface area (Å²) in [5.41, 5.74) is 2.71. The van der Waals surface area contributed by atoms with E-state index in [1.165, 1.54) is 19.3 Å². The van der Waals surface area contributed by atoms with Gasteiger partial charge in [-0.05, 0) is 96.2 Å². The summed E-state index contributed by atoms with van der Waals surface area (Å²) < 4.78 is 5.94.